The number of carbonyl (C=O) groups excluding carboxylic acids is 2. The van der Waals surface area contributed by atoms with Crippen LogP contribution in [-0.4, -0.2) is 39.9 Å². The molecular formula is C19H19FN4O3. The third-order valence-corrected chi connectivity index (χ3v) is 4.08. The van der Waals surface area contributed by atoms with Gasteiger partial charge in [0.05, 0.1) is 12.8 Å². The molecule has 1 aromatic carbocycles. The first-order valence-corrected chi connectivity index (χ1v) is 8.26. The minimum atomic E-state index is -0.579. The molecule has 1 N–H and O–H groups in total. The Morgan fingerprint density at radius 2 is 2.04 bits per heavy atom. The summed E-state index contributed by atoms with van der Waals surface area (Å²) in [6.07, 6.45) is 4.77. The number of imidazole rings is 1. The summed E-state index contributed by atoms with van der Waals surface area (Å²) in [6, 6.07) is 8.39. The lowest BCUT2D eigenvalue weighted by molar-refractivity contribution is -0.122. The number of likely N-dealkylation sites (N-methyl/N-ethyl adjacent to an activating group) is 1. The molecule has 2 amide bonds. The van der Waals surface area contributed by atoms with E-state index in [0.717, 1.165) is 0 Å². The number of nitrogens with zero attached hydrogens (tertiary/aromatic N) is 3. The zero-order valence-electron chi connectivity index (χ0n) is 14.9. The molecule has 8 heteroatoms. The fourth-order valence-electron chi connectivity index (χ4n) is 2.69. The quantitative estimate of drug-likeness (QED) is 0.721. The molecular weight excluding hydrogens is 351 g/mol. The van der Waals surface area contributed by atoms with Crippen molar-refractivity contribution in [2.45, 2.75) is 6.04 Å². The average molecular weight is 370 g/mol. The topological polar surface area (TPSA) is 80.4 Å². The smallest absolute Gasteiger partial charge is 0.289 e. The largest absolute Gasteiger partial charge is 0.459 e. The summed E-state index contributed by atoms with van der Waals surface area (Å²) in [5, 5.41) is 2.86. The minimum Gasteiger partial charge on any atom is -0.459 e. The molecule has 2 aromatic heterocycles. The van der Waals surface area contributed by atoms with Crippen molar-refractivity contribution >= 4 is 11.8 Å². The zero-order chi connectivity index (χ0) is 19.4. The predicted molar refractivity (Wildman–Crippen MR) is 95.3 cm³/mol. The third-order valence-electron chi connectivity index (χ3n) is 4.08. The van der Waals surface area contributed by atoms with Gasteiger partial charge in [0.15, 0.2) is 5.76 Å². The Morgan fingerprint density at radius 1 is 1.30 bits per heavy atom. The van der Waals surface area contributed by atoms with Crippen molar-refractivity contribution in [2.75, 3.05) is 13.6 Å². The molecule has 0 spiro atoms. The van der Waals surface area contributed by atoms with Crippen molar-refractivity contribution in [2.24, 2.45) is 7.05 Å². The van der Waals surface area contributed by atoms with E-state index >= 15 is 0 Å². The Kier molecular flexibility index (Phi) is 5.35. The fraction of sp³-hybridized carbons (Fsp3) is 0.211. The van der Waals surface area contributed by atoms with Crippen LogP contribution in [0.15, 0.2) is 59.5 Å². The van der Waals surface area contributed by atoms with Crippen LogP contribution in [-0.2, 0) is 11.8 Å². The molecule has 2 heterocycles. The number of halogens is 1. The van der Waals surface area contributed by atoms with Crippen molar-refractivity contribution in [1.82, 2.24) is 19.8 Å². The summed E-state index contributed by atoms with van der Waals surface area (Å²) in [7, 11) is 3.32. The molecule has 1 atom stereocenters. The van der Waals surface area contributed by atoms with Gasteiger partial charge in [-0.1, -0.05) is 12.1 Å². The first-order valence-electron chi connectivity index (χ1n) is 8.26. The molecule has 140 valence electrons. The molecule has 0 bridgehead atoms. The van der Waals surface area contributed by atoms with Crippen molar-refractivity contribution < 1.29 is 18.4 Å². The number of hydrogen-bond acceptors (Lipinski definition) is 4. The summed E-state index contributed by atoms with van der Waals surface area (Å²) < 4.78 is 20.1. The second kappa shape index (κ2) is 7.86. The van der Waals surface area contributed by atoms with Crippen LogP contribution in [0, 0.1) is 5.82 Å². The standard InChI is InChI=1S/C19H19FN4O3/c1-23-10-9-21-18(23)17(13-5-7-14(20)8-6-13)22-16(25)12-24(2)19(26)15-4-3-11-27-15/h3-11,17H,12H2,1-2H3,(H,22,25). The molecule has 0 radical (unpaired) electrons. The number of amides is 2. The summed E-state index contributed by atoms with van der Waals surface area (Å²) in [5.74, 6) is -0.396. The molecule has 0 saturated heterocycles. The summed E-state index contributed by atoms with van der Waals surface area (Å²) in [6.45, 7) is -0.165. The molecule has 0 aliphatic rings. The Bertz CT molecular complexity index is 919. The van der Waals surface area contributed by atoms with Crippen LogP contribution in [0.3, 0.4) is 0 Å². The number of aryl methyl sites for hydroxylation is 1. The van der Waals surface area contributed by atoms with E-state index in [0.29, 0.717) is 11.4 Å². The SMILES string of the molecule is CN(CC(=O)NC(c1ccc(F)cc1)c1nccn1C)C(=O)c1ccco1. The van der Waals surface area contributed by atoms with Gasteiger partial charge in [-0.15, -0.1) is 0 Å². The van der Waals surface area contributed by atoms with Crippen LogP contribution in [0.25, 0.3) is 0 Å². The Labute approximate surface area is 155 Å². The van der Waals surface area contributed by atoms with Gasteiger partial charge < -0.3 is 19.2 Å². The van der Waals surface area contributed by atoms with Crippen LogP contribution in [0.1, 0.15) is 28.0 Å². The highest BCUT2D eigenvalue weighted by Gasteiger charge is 2.23. The highest BCUT2D eigenvalue weighted by atomic mass is 19.1. The zero-order valence-corrected chi connectivity index (χ0v) is 14.9. The van der Waals surface area contributed by atoms with Crippen LogP contribution in [0.4, 0.5) is 4.39 Å². The van der Waals surface area contributed by atoms with Crippen LogP contribution < -0.4 is 5.32 Å². The molecule has 0 aliphatic heterocycles. The number of carbonyl (C=O) groups is 2. The van der Waals surface area contributed by atoms with Gasteiger partial charge in [0.25, 0.3) is 5.91 Å². The number of benzene rings is 1. The maximum absolute atomic E-state index is 13.3. The van der Waals surface area contributed by atoms with Gasteiger partial charge in [0, 0.05) is 26.5 Å². The average Bonchev–Trinajstić information content (AvgIpc) is 3.31. The number of aromatic nitrogens is 2. The third kappa shape index (κ3) is 4.22. The first-order chi connectivity index (χ1) is 13.0. The molecule has 0 aliphatic carbocycles. The van der Waals surface area contributed by atoms with E-state index in [1.165, 1.54) is 36.4 Å². The van der Waals surface area contributed by atoms with E-state index in [2.05, 4.69) is 10.3 Å². The lowest BCUT2D eigenvalue weighted by Crippen LogP contribution is -2.40. The van der Waals surface area contributed by atoms with Crippen molar-refractivity contribution in [3.63, 3.8) is 0 Å². The van der Waals surface area contributed by atoms with E-state index in [-0.39, 0.29) is 24.0 Å². The lowest BCUT2D eigenvalue weighted by Gasteiger charge is -2.21. The van der Waals surface area contributed by atoms with Gasteiger partial charge in [0.2, 0.25) is 5.91 Å². The second-order valence-corrected chi connectivity index (χ2v) is 6.09. The van der Waals surface area contributed by atoms with Gasteiger partial charge in [-0.05, 0) is 29.8 Å². The molecule has 1 unspecified atom stereocenters. The number of furan rings is 1. The van der Waals surface area contributed by atoms with Gasteiger partial charge in [-0.3, -0.25) is 9.59 Å². The summed E-state index contributed by atoms with van der Waals surface area (Å²) >= 11 is 0. The molecule has 7 nitrogen and oxygen atoms in total. The molecule has 0 fully saturated rings. The maximum Gasteiger partial charge on any atom is 0.289 e. The van der Waals surface area contributed by atoms with E-state index in [4.69, 9.17) is 4.42 Å². The monoisotopic (exact) mass is 370 g/mol. The number of hydrogen-bond donors (Lipinski definition) is 1. The summed E-state index contributed by atoms with van der Waals surface area (Å²) in [4.78, 5) is 30.3. The van der Waals surface area contributed by atoms with Crippen LogP contribution in [0.5, 0.6) is 0 Å². The Hall–Kier alpha value is -3.42. The molecule has 27 heavy (non-hydrogen) atoms. The summed E-state index contributed by atoms with van der Waals surface area (Å²) in [5.41, 5.74) is 0.680. The lowest BCUT2D eigenvalue weighted by atomic mass is 10.1. The molecule has 3 aromatic rings. The number of nitrogens with one attached hydrogen (secondary N) is 1. The van der Waals surface area contributed by atoms with Crippen molar-refractivity contribution in [3.8, 4) is 0 Å². The second-order valence-electron chi connectivity index (χ2n) is 6.09. The van der Waals surface area contributed by atoms with E-state index in [1.807, 2.05) is 0 Å². The van der Waals surface area contributed by atoms with Gasteiger partial charge >= 0.3 is 0 Å². The minimum absolute atomic E-state index is 0.157. The van der Waals surface area contributed by atoms with Crippen LogP contribution >= 0.6 is 0 Å². The van der Waals surface area contributed by atoms with Gasteiger partial charge in [-0.25, -0.2) is 9.37 Å². The Balaban J connectivity index is 1.76. The normalized spacial score (nSPS) is 11.8. The van der Waals surface area contributed by atoms with Crippen molar-refractivity contribution in [3.05, 3.63) is 78.0 Å². The first kappa shape index (κ1) is 18.4. The van der Waals surface area contributed by atoms with E-state index in [1.54, 1.807) is 42.2 Å². The van der Waals surface area contributed by atoms with E-state index < -0.39 is 11.9 Å². The highest BCUT2D eigenvalue weighted by Crippen LogP contribution is 2.20. The van der Waals surface area contributed by atoms with E-state index in [9.17, 15) is 14.0 Å². The Morgan fingerprint density at radius 3 is 2.63 bits per heavy atom. The highest BCUT2D eigenvalue weighted by molar-refractivity contribution is 5.94. The van der Waals surface area contributed by atoms with Crippen molar-refractivity contribution in [1.29, 1.82) is 0 Å². The van der Waals surface area contributed by atoms with Gasteiger partial charge in [-0.2, -0.15) is 0 Å². The number of rotatable bonds is 6. The molecule has 0 saturated carbocycles. The predicted octanol–water partition coefficient (Wildman–Crippen LogP) is 2.13. The maximum atomic E-state index is 13.3. The molecule has 3 rings (SSSR count). The fourth-order valence-corrected chi connectivity index (χ4v) is 2.69. The van der Waals surface area contributed by atoms with Crippen LogP contribution in [0.2, 0.25) is 0 Å². The van der Waals surface area contributed by atoms with Gasteiger partial charge in [0.1, 0.15) is 17.7 Å².